The van der Waals surface area contributed by atoms with Gasteiger partial charge >= 0.3 is 0 Å². The normalized spacial score (nSPS) is 25.9. The standard InChI is InChI=1S/C14H22N2O3/c1-13(2)11(18)15-10(17)9-16(13)12(19)14(3)7-5-4-6-8-14/h4-9H2,1-3H3,(H,15,17,18). The van der Waals surface area contributed by atoms with Gasteiger partial charge in [0.05, 0.1) is 0 Å². The van der Waals surface area contributed by atoms with E-state index in [1.807, 2.05) is 6.92 Å². The smallest absolute Gasteiger partial charge is 0.252 e. The van der Waals surface area contributed by atoms with Crippen LogP contribution in [0.15, 0.2) is 0 Å². The molecule has 0 unspecified atom stereocenters. The van der Waals surface area contributed by atoms with Gasteiger partial charge in [0, 0.05) is 5.41 Å². The van der Waals surface area contributed by atoms with Gasteiger partial charge in [0.25, 0.3) is 5.91 Å². The molecule has 1 N–H and O–H groups in total. The number of imide groups is 1. The molecule has 0 radical (unpaired) electrons. The first-order chi connectivity index (χ1) is 8.77. The van der Waals surface area contributed by atoms with E-state index in [-0.39, 0.29) is 12.5 Å². The van der Waals surface area contributed by atoms with Gasteiger partial charge in [-0.3, -0.25) is 19.7 Å². The Morgan fingerprint density at radius 2 is 1.68 bits per heavy atom. The molecule has 5 heteroatoms. The van der Waals surface area contributed by atoms with Gasteiger partial charge in [-0.05, 0) is 26.7 Å². The lowest BCUT2D eigenvalue weighted by molar-refractivity contribution is -0.162. The Bertz CT molecular complexity index is 422. The Morgan fingerprint density at radius 3 is 2.26 bits per heavy atom. The maximum atomic E-state index is 12.8. The zero-order valence-corrected chi connectivity index (χ0v) is 11.9. The van der Waals surface area contributed by atoms with Crippen LogP contribution in [0.2, 0.25) is 0 Å². The predicted molar refractivity (Wildman–Crippen MR) is 70.1 cm³/mol. The van der Waals surface area contributed by atoms with E-state index in [0.29, 0.717) is 0 Å². The van der Waals surface area contributed by atoms with E-state index in [1.165, 1.54) is 4.90 Å². The van der Waals surface area contributed by atoms with E-state index < -0.39 is 22.8 Å². The highest BCUT2D eigenvalue weighted by Crippen LogP contribution is 2.39. The van der Waals surface area contributed by atoms with E-state index in [9.17, 15) is 14.4 Å². The zero-order valence-electron chi connectivity index (χ0n) is 11.9. The number of hydrogen-bond acceptors (Lipinski definition) is 3. The first-order valence-corrected chi connectivity index (χ1v) is 6.94. The van der Waals surface area contributed by atoms with Crippen molar-refractivity contribution in [2.75, 3.05) is 6.54 Å². The van der Waals surface area contributed by atoms with Crippen molar-refractivity contribution in [2.24, 2.45) is 5.41 Å². The molecule has 5 nitrogen and oxygen atoms in total. The first-order valence-electron chi connectivity index (χ1n) is 6.94. The highest BCUT2D eigenvalue weighted by molar-refractivity contribution is 6.06. The predicted octanol–water partition coefficient (Wildman–Crippen LogP) is 1.22. The van der Waals surface area contributed by atoms with Gasteiger partial charge in [-0.25, -0.2) is 0 Å². The van der Waals surface area contributed by atoms with Gasteiger partial charge in [-0.2, -0.15) is 0 Å². The summed E-state index contributed by atoms with van der Waals surface area (Å²) in [4.78, 5) is 37.7. The second-order valence-corrected chi connectivity index (χ2v) is 6.45. The third-order valence-corrected chi connectivity index (χ3v) is 4.50. The van der Waals surface area contributed by atoms with Crippen LogP contribution in [0.5, 0.6) is 0 Å². The molecule has 0 spiro atoms. The van der Waals surface area contributed by atoms with Gasteiger partial charge in [-0.15, -0.1) is 0 Å². The van der Waals surface area contributed by atoms with Crippen LogP contribution in [0, 0.1) is 5.41 Å². The third-order valence-electron chi connectivity index (χ3n) is 4.50. The molecule has 1 aliphatic heterocycles. The van der Waals surface area contributed by atoms with Crippen molar-refractivity contribution in [1.82, 2.24) is 10.2 Å². The van der Waals surface area contributed by atoms with Crippen molar-refractivity contribution in [2.45, 2.75) is 58.4 Å². The van der Waals surface area contributed by atoms with E-state index in [2.05, 4.69) is 5.32 Å². The Hall–Kier alpha value is -1.39. The average Bonchev–Trinajstić information content (AvgIpc) is 2.34. The fraction of sp³-hybridized carbons (Fsp3) is 0.786. The molecule has 0 aromatic rings. The maximum absolute atomic E-state index is 12.8. The van der Waals surface area contributed by atoms with Crippen molar-refractivity contribution >= 4 is 17.7 Å². The van der Waals surface area contributed by atoms with Crippen LogP contribution in [-0.2, 0) is 14.4 Å². The maximum Gasteiger partial charge on any atom is 0.252 e. The molecule has 1 saturated heterocycles. The molecule has 1 saturated carbocycles. The second kappa shape index (κ2) is 4.62. The minimum atomic E-state index is -0.953. The van der Waals surface area contributed by atoms with Gasteiger partial charge in [0.2, 0.25) is 11.8 Å². The van der Waals surface area contributed by atoms with Crippen LogP contribution >= 0.6 is 0 Å². The topological polar surface area (TPSA) is 66.5 Å². The SMILES string of the molecule is CC1(C(=O)N2CC(=O)NC(=O)C2(C)C)CCCCC1. The van der Waals surface area contributed by atoms with Crippen LogP contribution in [0.3, 0.4) is 0 Å². The van der Waals surface area contributed by atoms with E-state index in [0.717, 1.165) is 32.1 Å². The Balaban J connectivity index is 2.25. The van der Waals surface area contributed by atoms with Crippen LogP contribution in [0.25, 0.3) is 0 Å². The second-order valence-electron chi connectivity index (χ2n) is 6.45. The van der Waals surface area contributed by atoms with E-state index in [1.54, 1.807) is 13.8 Å². The van der Waals surface area contributed by atoms with E-state index in [4.69, 9.17) is 0 Å². The molecule has 1 heterocycles. The lowest BCUT2D eigenvalue weighted by Gasteiger charge is -2.45. The minimum Gasteiger partial charge on any atom is -0.319 e. The molecule has 2 fully saturated rings. The number of nitrogens with one attached hydrogen (secondary N) is 1. The minimum absolute atomic E-state index is 0.0207. The number of hydrogen-bond donors (Lipinski definition) is 1. The van der Waals surface area contributed by atoms with Crippen molar-refractivity contribution < 1.29 is 14.4 Å². The van der Waals surface area contributed by atoms with Gasteiger partial charge in [-0.1, -0.05) is 26.2 Å². The molecular weight excluding hydrogens is 244 g/mol. The van der Waals surface area contributed by atoms with Gasteiger partial charge < -0.3 is 4.90 Å². The summed E-state index contributed by atoms with van der Waals surface area (Å²) in [6, 6.07) is 0. The summed E-state index contributed by atoms with van der Waals surface area (Å²) in [5.74, 6) is -0.839. The number of nitrogens with zero attached hydrogens (tertiary/aromatic N) is 1. The molecule has 19 heavy (non-hydrogen) atoms. The van der Waals surface area contributed by atoms with Crippen LogP contribution in [0.1, 0.15) is 52.9 Å². The highest BCUT2D eigenvalue weighted by atomic mass is 16.2. The number of carbonyl (C=O) groups excluding carboxylic acids is 3. The number of piperazine rings is 1. The van der Waals surface area contributed by atoms with Crippen molar-refractivity contribution in [1.29, 1.82) is 0 Å². The molecule has 2 aliphatic rings. The van der Waals surface area contributed by atoms with Crippen LogP contribution in [-0.4, -0.2) is 34.7 Å². The van der Waals surface area contributed by atoms with Gasteiger partial charge in [0.1, 0.15) is 12.1 Å². The fourth-order valence-corrected chi connectivity index (χ4v) is 2.98. The monoisotopic (exact) mass is 266 g/mol. The molecular formula is C14H22N2O3. The lowest BCUT2D eigenvalue weighted by Crippen LogP contribution is -2.67. The molecule has 0 atom stereocenters. The largest absolute Gasteiger partial charge is 0.319 e. The summed E-state index contributed by atoms with van der Waals surface area (Å²) in [5, 5.41) is 2.30. The van der Waals surface area contributed by atoms with Crippen LogP contribution in [0.4, 0.5) is 0 Å². The molecule has 0 aromatic carbocycles. The van der Waals surface area contributed by atoms with Crippen molar-refractivity contribution in [3.63, 3.8) is 0 Å². The average molecular weight is 266 g/mol. The summed E-state index contributed by atoms with van der Waals surface area (Å²) < 4.78 is 0. The van der Waals surface area contributed by atoms with Crippen LogP contribution < -0.4 is 5.32 Å². The summed E-state index contributed by atoms with van der Waals surface area (Å²) in [7, 11) is 0. The van der Waals surface area contributed by atoms with Gasteiger partial charge in [0.15, 0.2) is 0 Å². The fourth-order valence-electron chi connectivity index (χ4n) is 2.98. The van der Waals surface area contributed by atoms with Crippen molar-refractivity contribution in [3.05, 3.63) is 0 Å². The number of carbonyl (C=O) groups is 3. The number of rotatable bonds is 1. The molecule has 3 amide bonds. The molecule has 1 aliphatic carbocycles. The summed E-state index contributed by atoms with van der Waals surface area (Å²) in [5.41, 5.74) is -1.38. The lowest BCUT2D eigenvalue weighted by atomic mass is 9.74. The Kier molecular flexibility index (Phi) is 3.41. The molecule has 106 valence electrons. The quantitative estimate of drug-likeness (QED) is 0.726. The Morgan fingerprint density at radius 1 is 1.11 bits per heavy atom. The highest BCUT2D eigenvalue weighted by Gasteiger charge is 2.48. The summed E-state index contributed by atoms with van der Waals surface area (Å²) in [6.45, 7) is 5.33. The third kappa shape index (κ3) is 2.38. The summed E-state index contributed by atoms with van der Waals surface area (Å²) >= 11 is 0. The Labute approximate surface area is 113 Å². The number of amides is 3. The zero-order chi connectivity index (χ0) is 14.3. The molecule has 2 rings (SSSR count). The molecule has 0 bridgehead atoms. The van der Waals surface area contributed by atoms with E-state index >= 15 is 0 Å². The molecule has 0 aromatic heterocycles. The first kappa shape index (κ1) is 14.0. The summed E-state index contributed by atoms with van der Waals surface area (Å²) in [6.07, 6.45) is 4.92. The van der Waals surface area contributed by atoms with Crippen molar-refractivity contribution in [3.8, 4) is 0 Å².